The van der Waals surface area contributed by atoms with Crippen LogP contribution in [-0.4, -0.2) is 55.2 Å². The normalized spacial score (nSPS) is 14.9. The first kappa shape index (κ1) is 28.8. The van der Waals surface area contributed by atoms with Gasteiger partial charge >= 0.3 is 0 Å². The first-order chi connectivity index (χ1) is 19.7. The number of halogens is 2. The van der Waals surface area contributed by atoms with Gasteiger partial charge in [0.2, 0.25) is 9.84 Å². The molecule has 1 aliphatic rings. The van der Waals surface area contributed by atoms with E-state index in [-0.39, 0.29) is 21.5 Å². The van der Waals surface area contributed by atoms with Crippen LogP contribution in [0.25, 0.3) is 0 Å². The minimum Gasteiger partial charge on any atom is -0.336 e. The molecule has 0 aromatic heterocycles. The van der Waals surface area contributed by atoms with Crippen molar-refractivity contribution in [1.82, 2.24) is 9.80 Å². The molecule has 1 atom stereocenters. The molecule has 0 saturated carbocycles. The summed E-state index contributed by atoms with van der Waals surface area (Å²) in [6.45, 7) is 1.91. The summed E-state index contributed by atoms with van der Waals surface area (Å²) >= 11 is 12.2. The van der Waals surface area contributed by atoms with Gasteiger partial charge in [-0.1, -0.05) is 77.8 Å². The van der Waals surface area contributed by atoms with E-state index in [0.29, 0.717) is 31.2 Å². The Morgan fingerprint density at radius 3 is 2.02 bits per heavy atom. The molecule has 1 fully saturated rings. The number of carbonyl (C=O) groups excluding carboxylic acids is 1. The molecular weight excluding hydrogens is 585 g/mol. The predicted octanol–water partition coefficient (Wildman–Crippen LogP) is 6.28. The predicted molar refractivity (Wildman–Crippen MR) is 157 cm³/mol. The van der Waals surface area contributed by atoms with Crippen LogP contribution < -0.4 is 0 Å². The van der Waals surface area contributed by atoms with Gasteiger partial charge in [0.15, 0.2) is 0 Å². The smallest absolute Gasteiger partial charge is 0.289 e. The molecule has 8 nitrogen and oxygen atoms in total. The van der Waals surface area contributed by atoms with Gasteiger partial charge in [0.05, 0.1) is 20.9 Å². The van der Waals surface area contributed by atoms with Crippen LogP contribution in [0.4, 0.5) is 5.69 Å². The highest BCUT2D eigenvalue weighted by Crippen LogP contribution is 2.34. The molecule has 0 N–H and O–H groups in total. The maximum atomic E-state index is 13.4. The number of carbonyl (C=O) groups is 1. The molecule has 1 aliphatic heterocycles. The molecule has 1 saturated heterocycles. The van der Waals surface area contributed by atoms with Crippen LogP contribution in [0.15, 0.2) is 107 Å². The molecule has 0 spiro atoms. The van der Waals surface area contributed by atoms with Gasteiger partial charge in [-0.2, -0.15) is 0 Å². The molecule has 0 unspecified atom stereocenters. The average molecular weight is 611 g/mol. The molecular formula is C30H25Cl2N3O5S. The van der Waals surface area contributed by atoms with E-state index in [4.69, 9.17) is 23.2 Å². The number of hydrogen-bond acceptors (Lipinski definition) is 6. The fraction of sp³-hybridized carbons (Fsp3) is 0.167. The summed E-state index contributed by atoms with van der Waals surface area (Å²) in [6, 6.07) is 26.9. The molecule has 1 amide bonds. The fourth-order valence-corrected chi connectivity index (χ4v) is 7.10. The molecule has 4 aromatic rings. The van der Waals surface area contributed by atoms with Crippen molar-refractivity contribution in [2.45, 2.75) is 15.8 Å². The number of nitro groups is 1. The van der Waals surface area contributed by atoms with Gasteiger partial charge in [-0.25, -0.2) is 8.42 Å². The van der Waals surface area contributed by atoms with Crippen molar-refractivity contribution < 1.29 is 18.1 Å². The number of benzene rings is 4. The second kappa shape index (κ2) is 12.0. The second-order valence-electron chi connectivity index (χ2n) is 9.57. The van der Waals surface area contributed by atoms with Gasteiger partial charge in [-0.05, 0) is 47.5 Å². The molecule has 41 heavy (non-hydrogen) atoms. The highest BCUT2D eigenvalue weighted by atomic mass is 35.5. The van der Waals surface area contributed by atoms with E-state index in [2.05, 4.69) is 17.0 Å². The third kappa shape index (κ3) is 5.99. The van der Waals surface area contributed by atoms with Crippen LogP contribution in [0.3, 0.4) is 0 Å². The minimum atomic E-state index is -4.30. The first-order valence-electron chi connectivity index (χ1n) is 12.8. The van der Waals surface area contributed by atoms with Crippen molar-refractivity contribution in [2.75, 3.05) is 26.2 Å². The second-order valence-corrected chi connectivity index (χ2v) is 12.3. The highest BCUT2D eigenvalue weighted by Gasteiger charge is 2.32. The fourth-order valence-electron chi connectivity index (χ4n) is 5.06. The Bertz CT molecular complexity index is 1690. The Morgan fingerprint density at radius 2 is 1.39 bits per heavy atom. The van der Waals surface area contributed by atoms with E-state index >= 15 is 0 Å². The molecule has 0 radical (unpaired) electrons. The number of piperazine rings is 1. The summed E-state index contributed by atoms with van der Waals surface area (Å²) < 4.78 is 26.4. The largest absolute Gasteiger partial charge is 0.336 e. The summed E-state index contributed by atoms with van der Waals surface area (Å²) in [6.07, 6.45) is 0. The maximum absolute atomic E-state index is 13.4. The lowest BCUT2D eigenvalue weighted by molar-refractivity contribution is -0.387. The summed E-state index contributed by atoms with van der Waals surface area (Å²) in [5.74, 6) is -0.405. The molecule has 11 heteroatoms. The molecule has 0 bridgehead atoms. The third-order valence-corrected chi connectivity index (χ3v) is 9.64. The number of sulfone groups is 1. The summed E-state index contributed by atoms with van der Waals surface area (Å²) in [7, 11) is -4.30. The van der Waals surface area contributed by atoms with Gasteiger partial charge in [-0.15, -0.1) is 0 Å². The van der Waals surface area contributed by atoms with Crippen LogP contribution in [0.2, 0.25) is 10.0 Å². The zero-order chi connectivity index (χ0) is 29.1. The van der Waals surface area contributed by atoms with Crippen molar-refractivity contribution in [3.8, 4) is 0 Å². The lowest BCUT2D eigenvalue weighted by atomic mass is 9.96. The van der Waals surface area contributed by atoms with E-state index in [1.807, 2.05) is 42.5 Å². The Morgan fingerprint density at radius 1 is 0.780 bits per heavy atom. The Labute approximate surface area is 247 Å². The van der Waals surface area contributed by atoms with Gasteiger partial charge in [0.25, 0.3) is 11.6 Å². The Kier molecular flexibility index (Phi) is 8.42. The lowest BCUT2D eigenvalue weighted by Gasteiger charge is -2.39. The maximum Gasteiger partial charge on any atom is 0.289 e. The lowest BCUT2D eigenvalue weighted by Crippen LogP contribution is -2.49. The first-order valence-corrected chi connectivity index (χ1v) is 15.0. The number of nitro benzene ring substituents is 1. The van der Waals surface area contributed by atoms with Gasteiger partial charge in [-0.3, -0.25) is 19.8 Å². The van der Waals surface area contributed by atoms with Crippen molar-refractivity contribution in [1.29, 1.82) is 0 Å². The topological polar surface area (TPSA) is 101 Å². The van der Waals surface area contributed by atoms with E-state index in [1.165, 1.54) is 24.3 Å². The van der Waals surface area contributed by atoms with Crippen molar-refractivity contribution >= 4 is 44.6 Å². The van der Waals surface area contributed by atoms with Gasteiger partial charge in [0, 0.05) is 42.8 Å². The van der Waals surface area contributed by atoms with Crippen LogP contribution in [0.5, 0.6) is 0 Å². The monoisotopic (exact) mass is 609 g/mol. The number of rotatable bonds is 7. The van der Waals surface area contributed by atoms with Crippen LogP contribution in [0, 0.1) is 10.1 Å². The van der Waals surface area contributed by atoms with Crippen LogP contribution >= 0.6 is 23.2 Å². The van der Waals surface area contributed by atoms with Crippen molar-refractivity contribution in [2.24, 2.45) is 0 Å². The summed E-state index contributed by atoms with van der Waals surface area (Å²) in [4.78, 5) is 27.7. The van der Waals surface area contributed by atoms with E-state index in [0.717, 1.165) is 23.3 Å². The number of nitrogens with zero attached hydrogens (tertiary/aromatic N) is 3. The number of amides is 1. The van der Waals surface area contributed by atoms with E-state index in [9.17, 15) is 23.3 Å². The Balaban J connectivity index is 1.37. The van der Waals surface area contributed by atoms with Gasteiger partial charge in [0.1, 0.15) is 4.90 Å². The zero-order valence-electron chi connectivity index (χ0n) is 21.7. The van der Waals surface area contributed by atoms with Crippen molar-refractivity contribution in [3.63, 3.8) is 0 Å². The molecule has 4 aromatic carbocycles. The molecule has 1 heterocycles. The molecule has 5 rings (SSSR count). The minimum absolute atomic E-state index is 0.0406. The molecule has 210 valence electrons. The van der Waals surface area contributed by atoms with Crippen molar-refractivity contribution in [3.05, 3.63) is 134 Å². The highest BCUT2D eigenvalue weighted by molar-refractivity contribution is 7.91. The SMILES string of the molecule is O=C(c1ccc(S(=O)(=O)c2ccccc2Cl)c([N+](=O)[O-])c1)N1CCN([C@@H](c2ccccc2)c2ccc(Cl)cc2)CC1. The summed E-state index contributed by atoms with van der Waals surface area (Å²) in [5.41, 5.74) is 1.55. The zero-order valence-corrected chi connectivity index (χ0v) is 24.0. The van der Waals surface area contributed by atoms with E-state index in [1.54, 1.807) is 11.0 Å². The average Bonchev–Trinajstić information content (AvgIpc) is 2.98. The summed E-state index contributed by atoms with van der Waals surface area (Å²) in [5, 5.41) is 12.5. The molecule has 0 aliphatic carbocycles. The van der Waals surface area contributed by atoms with Gasteiger partial charge < -0.3 is 4.90 Å². The standard InChI is InChI=1S/C30H25Cl2N3O5S/c31-24-13-10-22(11-14-24)29(21-6-2-1-3-7-21)33-16-18-34(19-17-33)30(36)23-12-15-28(26(20-23)35(37)38)41(39,40)27-9-5-4-8-25(27)32/h1-15,20,29H,16-19H2/t29-/m0/s1. The third-order valence-electron chi connectivity index (χ3n) is 7.09. The van der Waals surface area contributed by atoms with Crippen LogP contribution in [0.1, 0.15) is 27.5 Å². The Hall–Kier alpha value is -3.76. The quantitative estimate of drug-likeness (QED) is 0.180. The number of hydrogen-bond donors (Lipinski definition) is 0. The van der Waals surface area contributed by atoms with E-state index < -0.39 is 31.3 Å². The van der Waals surface area contributed by atoms with Crippen LogP contribution in [-0.2, 0) is 9.84 Å².